The van der Waals surface area contributed by atoms with Crippen LogP contribution in [0.5, 0.6) is 5.75 Å². The van der Waals surface area contributed by atoms with Gasteiger partial charge in [-0.3, -0.25) is 4.79 Å². The molecule has 216 valence electrons. The second-order valence-corrected chi connectivity index (χ2v) is 13.4. The smallest absolute Gasteiger partial charge is 0.247 e. The topological polar surface area (TPSA) is 120 Å². The van der Waals surface area contributed by atoms with Crippen molar-refractivity contribution in [2.45, 2.75) is 57.6 Å². The van der Waals surface area contributed by atoms with Crippen LogP contribution < -0.4 is 10.5 Å². The summed E-state index contributed by atoms with van der Waals surface area (Å²) in [6, 6.07) is 16.1. The zero-order valence-electron chi connectivity index (χ0n) is 23.8. The van der Waals surface area contributed by atoms with Crippen LogP contribution in [0.3, 0.4) is 0 Å². The van der Waals surface area contributed by atoms with E-state index >= 15 is 0 Å². The summed E-state index contributed by atoms with van der Waals surface area (Å²) in [5, 5.41) is 8.92. The van der Waals surface area contributed by atoms with Gasteiger partial charge in [0.15, 0.2) is 0 Å². The van der Waals surface area contributed by atoms with Crippen LogP contribution in [0.4, 0.5) is 0 Å². The predicted octanol–water partition coefficient (Wildman–Crippen LogP) is 4.94. The van der Waals surface area contributed by atoms with Crippen molar-refractivity contribution >= 4 is 38.6 Å². The molecule has 0 fully saturated rings. The van der Waals surface area contributed by atoms with E-state index in [2.05, 4.69) is 10.3 Å². The molecule has 0 saturated heterocycles. The number of nitrogens with two attached hydrogens (primary N) is 1. The molecule has 41 heavy (non-hydrogen) atoms. The number of halogens is 1. The Labute approximate surface area is 245 Å². The fourth-order valence-corrected chi connectivity index (χ4v) is 7.33. The Morgan fingerprint density at radius 3 is 2.63 bits per heavy atom. The molecule has 11 heteroatoms. The zero-order valence-corrected chi connectivity index (χ0v) is 25.3. The first kappa shape index (κ1) is 29.0. The number of ether oxygens (including phenoxy) is 1. The summed E-state index contributed by atoms with van der Waals surface area (Å²) >= 11 is 6.69. The summed E-state index contributed by atoms with van der Waals surface area (Å²) in [6.45, 7) is 7.76. The Balaban J connectivity index is 1.62. The van der Waals surface area contributed by atoms with Crippen molar-refractivity contribution in [3.8, 4) is 5.75 Å². The standard InChI is InChI=1S/C30H34ClN5O4S/c1-6-21-17-36(41(38,39)26-10-8-7-9-25(26)40-21)16-20-15-19(11-13-23(20)31)27(30(3,4)29(32)37)22-12-14-24-28(18(22)2)33-34-35(24)5/h7-15,21,27H,6,16-17H2,1-5H3,(H2,32,37)/t21-,27+/m1/s1. The first-order valence-corrected chi connectivity index (χ1v) is 15.3. The monoisotopic (exact) mass is 595 g/mol. The van der Waals surface area contributed by atoms with E-state index in [-0.39, 0.29) is 24.1 Å². The summed E-state index contributed by atoms with van der Waals surface area (Å²) < 4.78 is 36.8. The minimum atomic E-state index is -3.88. The van der Waals surface area contributed by atoms with Crippen LogP contribution in [0.2, 0.25) is 5.02 Å². The predicted molar refractivity (Wildman–Crippen MR) is 158 cm³/mol. The van der Waals surface area contributed by atoms with Gasteiger partial charge in [-0.1, -0.05) is 67.9 Å². The number of carbonyl (C=O) groups excluding carboxylic acids is 1. The van der Waals surface area contributed by atoms with Gasteiger partial charge < -0.3 is 10.5 Å². The van der Waals surface area contributed by atoms with Gasteiger partial charge in [0.2, 0.25) is 15.9 Å². The van der Waals surface area contributed by atoms with Crippen molar-refractivity contribution in [2.75, 3.05) is 6.54 Å². The van der Waals surface area contributed by atoms with Gasteiger partial charge in [-0.25, -0.2) is 13.1 Å². The van der Waals surface area contributed by atoms with Crippen LogP contribution in [0.1, 0.15) is 55.4 Å². The van der Waals surface area contributed by atoms with Crippen LogP contribution in [0.25, 0.3) is 11.0 Å². The van der Waals surface area contributed by atoms with Crippen molar-refractivity contribution in [3.63, 3.8) is 0 Å². The number of amides is 1. The lowest BCUT2D eigenvalue weighted by molar-refractivity contribution is -0.126. The molecule has 0 spiro atoms. The van der Waals surface area contributed by atoms with Gasteiger partial charge in [0, 0.05) is 24.5 Å². The first-order chi connectivity index (χ1) is 19.4. The van der Waals surface area contributed by atoms with Crippen molar-refractivity contribution in [3.05, 3.63) is 81.9 Å². The molecule has 1 aromatic heterocycles. The number of carbonyl (C=O) groups is 1. The molecule has 0 bridgehead atoms. The molecular weight excluding hydrogens is 562 g/mol. The minimum absolute atomic E-state index is 0.0368. The highest BCUT2D eigenvalue weighted by Gasteiger charge is 2.39. The fraction of sp³-hybridized carbons (Fsp3) is 0.367. The summed E-state index contributed by atoms with van der Waals surface area (Å²) in [4.78, 5) is 13.0. The summed E-state index contributed by atoms with van der Waals surface area (Å²) in [5.41, 5.74) is 9.75. The van der Waals surface area contributed by atoms with Crippen LogP contribution in [-0.4, -0.2) is 46.3 Å². The third-order valence-electron chi connectivity index (χ3n) is 8.12. The number of fused-ring (bicyclic) bond motifs is 2. The largest absolute Gasteiger partial charge is 0.488 e. The maximum Gasteiger partial charge on any atom is 0.247 e. The highest BCUT2D eigenvalue weighted by atomic mass is 35.5. The Morgan fingerprint density at radius 2 is 1.93 bits per heavy atom. The van der Waals surface area contributed by atoms with E-state index in [1.807, 2.05) is 59.0 Å². The van der Waals surface area contributed by atoms with E-state index < -0.39 is 27.3 Å². The van der Waals surface area contributed by atoms with E-state index in [9.17, 15) is 13.2 Å². The van der Waals surface area contributed by atoms with Gasteiger partial charge in [-0.2, -0.15) is 4.31 Å². The van der Waals surface area contributed by atoms with Crippen LogP contribution in [0, 0.1) is 12.3 Å². The van der Waals surface area contributed by atoms with E-state index in [4.69, 9.17) is 22.1 Å². The lowest BCUT2D eigenvalue weighted by Crippen LogP contribution is -2.38. The molecule has 4 aromatic rings. The molecule has 0 saturated carbocycles. The van der Waals surface area contributed by atoms with Crippen LogP contribution >= 0.6 is 11.6 Å². The summed E-state index contributed by atoms with van der Waals surface area (Å²) in [6.07, 6.45) is 0.311. The van der Waals surface area contributed by atoms with Crippen LogP contribution in [-0.2, 0) is 28.4 Å². The zero-order chi connectivity index (χ0) is 29.7. The number of nitrogens with zero attached hydrogens (tertiary/aromatic N) is 4. The molecule has 0 unspecified atom stereocenters. The highest BCUT2D eigenvalue weighted by molar-refractivity contribution is 7.89. The van der Waals surface area contributed by atoms with E-state index in [0.29, 0.717) is 22.8 Å². The van der Waals surface area contributed by atoms with E-state index in [0.717, 1.165) is 27.7 Å². The van der Waals surface area contributed by atoms with Gasteiger partial charge in [-0.15, -0.1) is 5.10 Å². The third kappa shape index (κ3) is 5.09. The Kier molecular flexibility index (Phi) is 7.61. The average molecular weight is 596 g/mol. The number of primary amides is 1. The Morgan fingerprint density at radius 1 is 1.20 bits per heavy atom. The van der Waals surface area contributed by atoms with Gasteiger partial charge in [-0.05, 0) is 59.9 Å². The number of aromatic nitrogens is 3. The molecule has 3 aromatic carbocycles. The molecule has 0 aliphatic carbocycles. The Bertz CT molecular complexity index is 1750. The average Bonchev–Trinajstić information content (AvgIpc) is 3.27. The molecule has 2 atom stereocenters. The normalized spacial score (nSPS) is 18.0. The summed E-state index contributed by atoms with van der Waals surface area (Å²) in [7, 11) is -2.05. The molecule has 1 amide bonds. The molecular formula is C30H34ClN5O4S. The minimum Gasteiger partial charge on any atom is -0.488 e. The number of sulfonamides is 1. The summed E-state index contributed by atoms with van der Waals surface area (Å²) in [5.74, 6) is -0.581. The first-order valence-electron chi connectivity index (χ1n) is 13.5. The third-order valence-corrected chi connectivity index (χ3v) is 10.3. The van der Waals surface area contributed by atoms with Gasteiger partial charge in [0.1, 0.15) is 22.3 Å². The number of hydrogen-bond donors (Lipinski definition) is 1. The molecule has 1 aliphatic rings. The lowest BCUT2D eigenvalue weighted by Gasteiger charge is -2.34. The molecule has 1 aliphatic heterocycles. The number of rotatable bonds is 7. The molecule has 9 nitrogen and oxygen atoms in total. The maximum atomic E-state index is 13.8. The number of benzene rings is 3. The van der Waals surface area contributed by atoms with Crippen molar-refractivity contribution in [1.82, 2.24) is 19.3 Å². The second kappa shape index (κ2) is 10.7. The second-order valence-electron chi connectivity index (χ2n) is 11.1. The molecule has 2 heterocycles. The van der Waals surface area contributed by atoms with E-state index in [1.54, 1.807) is 35.0 Å². The number of hydrogen-bond acceptors (Lipinski definition) is 6. The number of para-hydroxylation sites is 1. The van der Waals surface area contributed by atoms with Crippen molar-refractivity contribution < 1.29 is 17.9 Å². The highest BCUT2D eigenvalue weighted by Crippen LogP contribution is 2.44. The van der Waals surface area contributed by atoms with Gasteiger partial charge in [0.05, 0.1) is 17.5 Å². The molecule has 2 N–H and O–H groups in total. The Hall–Kier alpha value is -3.47. The lowest BCUT2D eigenvalue weighted by atomic mass is 9.69. The van der Waals surface area contributed by atoms with Crippen molar-refractivity contribution in [1.29, 1.82) is 0 Å². The van der Waals surface area contributed by atoms with Crippen molar-refractivity contribution in [2.24, 2.45) is 18.2 Å². The SMILES string of the molecule is CC[C@@H]1CN(Cc2cc([C@@H](c3ccc4c(nnn4C)c3C)C(C)(C)C(N)=O)ccc2Cl)S(=O)(=O)c2ccccc2O1. The number of aryl methyl sites for hydroxylation is 2. The van der Waals surface area contributed by atoms with Crippen LogP contribution in [0.15, 0.2) is 59.5 Å². The van der Waals surface area contributed by atoms with E-state index in [1.165, 1.54) is 4.31 Å². The quantitative estimate of drug-likeness (QED) is 0.323. The fourth-order valence-electron chi connectivity index (χ4n) is 5.58. The molecule has 0 radical (unpaired) electrons. The molecule has 5 rings (SSSR count). The maximum absolute atomic E-state index is 13.8. The van der Waals surface area contributed by atoms with Gasteiger partial charge >= 0.3 is 0 Å². The van der Waals surface area contributed by atoms with Gasteiger partial charge in [0.25, 0.3) is 0 Å².